The Morgan fingerprint density at radius 1 is 1.10 bits per heavy atom. The highest BCUT2D eigenvalue weighted by molar-refractivity contribution is 5.97. The van der Waals surface area contributed by atoms with Gasteiger partial charge in [-0.25, -0.2) is 4.68 Å². The van der Waals surface area contributed by atoms with E-state index in [1.165, 1.54) is 11.1 Å². The molecule has 0 bridgehead atoms. The Morgan fingerprint density at radius 2 is 1.80 bits per heavy atom. The first kappa shape index (κ1) is 30.0. The van der Waals surface area contributed by atoms with Gasteiger partial charge in [-0.1, -0.05) is 51.1 Å². The summed E-state index contributed by atoms with van der Waals surface area (Å²) < 4.78 is 1.92. The third-order valence-corrected chi connectivity index (χ3v) is 7.24. The fourth-order valence-electron chi connectivity index (χ4n) is 4.78. The number of phenolic OH excluding ortho intramolecular Hbond substituents is 1. The van der Waals surface area contributed by atoms with Gasteiger partial charge in [-0.05, 0) is 72.7 Å². The number of hydrogen-bond acceptors (Lipinski definition) is 7. The second-order valence-corrected chi connectivity index (χ2v) is 11.8. The Labute approximate surface area is 242 Å². The average molecular weight is 559 g/mol. The van der Waals surface area contributed by atoms with Crippen LogP contribution in [-0.2, 0) is 21.4 Å². The zero-order valence-corrected chi connectivity index (χ0v) is 24.5. The van der Waals surface area contributed by atoms with Crippen molar-refractivity contribution in [2.45, 2.75) is 57.9 Å². The van der Waals surface area contributed by atoms with Crippen molar-refractivity contribution in [2.24, 2.45) is 5.73 Å². The lowest BCUT2D eigenvalue weighted by Crippen LogP contribution is -2.44. The van der Waals surface area contributed by atoms with Crippen molar-refractivity contribution in [2.75, 3.05) is 32.0 Å². The quantitative estimate of drug-likeness (QED) is 0.277. The zero-order chi connectivity index (χ0) is 29.6. The topological polar surface area (TPSA) is 126 Å². The summed E-state index contributed by atoms with van der Waals surface area (Å²) in [7, 11) is 2.12. The van der Waals surface area contributed by atoms with E-state index in [1.54, 1.807) is 24.3 Å². The van der Waals surface area contributed by atoms with Crippen molar-refractivity contribution in [3.05, 3.63) is 77.5 Å². The second-order valence-electron chi connectivity index (χ2n) is 11.8. The van der Waals surface area contributed by atoms with Crippen LogP contribution in [0.15, 0.2) is 60.7 Å². The number of rotatable bonds is 10. The molecular weight excluding hydrogens is 516 g/mol. The fraction of sp³-hybridized carbons (Fsp3) is 0.406. The lowest BCUT2D eigenvalue weighted by atomic mass is 9.87. The van der Waals surface area contributed by atoms with Crippen LogP contribution in [0.2, 0.25) is 0 Å². The van der Waals surface area contributed by atoms with Crippen LogP contribution in [0.25, 0.3) is 11.3 Å². The summed E-state index contributed by atoms with van der Waals surface area (Å²) in [6, 6.07) is 16.2. The van der Waals surface area contributed by atoms with Crippen LogP contribution >= 0.6 is 0 Å². The Balaban J connectivity index is 1.36. The summed E-state index contributed by atoms with van der Waals surface area (Å²) in [4.78, 5) is 27.1. The first-order valence-corrected chi connectivity index (χ1v) is 14.2. The van der Waals surface area contributed by atoms with E-state index in [1.807, 2.05) is 4.68 Å². The Kier molecular flexibility index (Phi) is 9.62. The van der Waals surface area contributed by atoms with E-state index in [4.69, 9.17) is 10.8 Å². The van der Waals surface area contributed by atoms with Crippen molar-refractivity contribution in [3.8, 4) is 11.4 Å². The van der Waals surface area contributed by atoms with E-state index in [0.717, 1.165) is 42.3 Å². The third kappa shape index (κ3) is 8.28. The molecule has 5 N–H and O–H groups in total. The molecule has 1 aliphatic heterocycles. The summed E-state index contributed by atoms with van der Waals surface area (Å²) >= 11 is 0. The molecule has 9 nitrogen and oxygen atoms in total. The van der Waals surface area contributed by atoms with Crippen LogP contribution < -0.4 is 16.4 Å². The highest BCUT2D eigenvalue weighted by Crippen LogP contribution is 2.27. The molecule has 41 heavy (non-hydrogen) atoms. The molecule has 2 amide bonds. The van der Waals surface area contributed by atoms with E-state index in [-0.39, 0.29) is 29.9 Å². The van der Waals surface area contributed by atoms with E-state index >= 15 is 0 Å². The molecule has 0 saturated carbocycles. The molecule has 0 saturated heterocycles. The highest BCUT2D eigenvalue weighted by atomic mass is 16.3. The highest BCUT2D eigenvalue weighted by Gasteiger charge is 2.19. The predicted octanol–water partition coefficient (Wildman–Crippen LogP) is 4.00. The van der Waals surface area contributed by atoms with Crippen LogP contribution in [0.3, 0.4) is 0 Å². The van der Waals surface area contributed by atoms with Crippen molar-refractivity contribution in [1.82, 2.24) is 20.0 Å². The van der Waals surface area contributed by atoms with Crippen LogP contribution in [0.4, 0.5) is 5.82 Å². The van der Waals surface area contributed by atoms with Gasteiger partial charge < -0.3 is 21.1 Å². The number of nitrogens with zero attached hydrogens (tertiary/aromatic N) is 3. The SMILES string of the molecule is CN1CCC=C(c2cc(NCCCC(=O)NC(=O)C(N)Cc3ccc(O)cc3)n(-c3ccc(C(C)(C)C)cc3)n2)C1. The maximum Gasteiger partial charge on any atom is 0.243 e. The average Bonchev–Trinajstić information content (AvgIpc) is 3.36. The minimum Gasteiger partial charge on any atom is -0.508 e. The minimum absolute atomic E-state index is 0.0593. The number of hydrogen-bond donors (Lipinski definition) is 4. The third-order valence-electron chi connectivity index (χ3n) is 7.24. The summed E-state index contributed by atoms with van der Waals surface area (Å²) in [5.41, 5.74) is 11.2. The van der Waals surface area contributed by atoms with Gasteiger partial charge in [0, 0.05) is 32.1 Å². The zero-order valence-electron chi connectivity index (χ0n) is 24.5. The number of aromatic hydroxyl groups is 1. The number of amides is 2. The van der Waals surface area contributed by atoms with Crippen LogP contribution in [-0.4, -0.2) is 64.3 Å². The molecule has 218 valence electrons. The van der Waals surface area contributed by atoms with Crippen molar-refractivity contribution < 1.29 is 14.7 Å². The van der Waals surface area contributed by atoms with Gasteiger partial charge in [-0.3, -0.25) is 14.9 Å². The second kappa shape index (κ2) is 13.1. The van der Waals surface area contributed by atoms with Crippen molar-refractivity contribution >= 4 is 23.2 Å². The number of carbonyl (C=O) groups excluding carboxylic acids is 2. The monoisotopic (exact) mass is 558 g/mol. The molecule has 1 aromatic heterocycles. The van der Waals surface area contributed by atoms with Gasteiger partial charge in [-0.15, -0.1) is 0 Å². The number of anilines is 1. The maximum absolute atomic E-state index is 12.4. The van der Waals surface area contributed by atoms with Gasteiger partial charge in [0.2, 0.25) is 11.8 Å². The Hall–Kier alpha value is -3.95. The molecule has 0 aliphatic carbocycles. The molecule has 9 heteroatoms. The summed E-state index contributed by atoms with van der Waals surface area (Å²) in [5.74, 6) is 0.125. The summed E-state index contributed by atoms with van der Waals surface area (Å²) in [6.45, 7) is 9.00. The van der Waals surface area contributed by atoms with Gasteiger partial charge in [-0.2, -0.15) is 5.10 Å². The first-order valence-electron chi connectivity index (χ1n) is 14.2. The number of aromatic nitrogens is 2. The number of nitrogens with two attached hydrogens (primary N) is 1. The molecule has 0 radical (unpaired) electrons. The van der Waals surface area contributed by atoms with Gasteiger partial charge >= 0.3 is 0 Å². The molecule has 2 heterocycles. The summed E-state index contributed by atoms with van der Waals surface area (Å²) in [5, 5.41) is 20.2. The van der Waals surface area contributed by atoms with Gasteiger partial charge in [0.15, 0.2) is 0 Å². The van der Waals surface area contributed by atoms with Crippen molar-refractivity contribution in [1.29, 1.82) is 0 Å². The molecule has 3 aromatic rings. The minimum atomic E-state index is -0.854. The number of benzene rings is 2. The normalized spacial score (nSPS) is 14.8. The molecule has 1 unspecified atom stereocenters. The van der Waals surface area contributed by atoms with E-state index in [0.29, 0.717) is 13.0 Å². The standard InChI is InChI=1S/C32H42N6O3/c1-32(2,3)24-11-13-25(14-12-24)38-29(20-28(36-38)23-7-6-18-37(4)21-23)34-17-5-8-30(40)35-31(41)27(33)19-22-9-15-26(39)16-10-22/h7,9-16,20,27,34,39H,5-6,8,17-19,21,33H2,1-4H3,(H,35,40,41). The smallest absolute Gasteiger partial charge is 0.243 e. The maximum atomic E-state index is 12.4. The lowest BCUT2D eigenvalue weighted by Gasteiger charge is -2.21. The van der Waals surface area contributed by atoms with Crippen molar-refractivity contribution in [3.63, 3.8) is 0 Å². The Bertz CT molecular complexity index is 1370. The first-order chi connectivity index (χ1) is 19.5. The Morgan fingerprint density at radius 3 is 2.46 bits per heavy atom. The molecule has 1 atom stereocenters. The van der Waals surface area contributed by atoms with Gasteiger partial charge in [0.05, 0.1) is 17.4 Å². The number of imide groups is 1. The van der Waals surface area contributed by atoms with E-state index in [9.17, 15) is 14.7 Å². The molecule has 1 aliphatic rings. The molecule has 2 aromatic carbocycles. The van der Waals surface area contributed by atoms with Crippen LogP contribution in [0.1, 0.15) is 56.9 Å². The fourth-order valence-corrected chi connectivity index (χ4v) is 4.78. The number of nitrogens with one attached hydrogen (secondary N) is 2. The number of carbonyl (C=O) groups is 2. The largest absolute Gasteiger partial charge is 0.508 e. The summed E-state index contributed by atoms with van der Waals surface area (Å²) in [6.07, 6.45) is 4.24. The van der Waals surface area contributed by atoms with Gasteiger partial charge in [0.1, 0.15) is 11.6 Å². The molecule has 4 rings (SSSR count). The van der Waals surface area contributed by atoms with E-state index < -0.39 is 11.9 Å². The molecule has 0 fully saturated rings. The lowest BCUT2D eigenvalue weighted by molar-refractivity contribution is -0.131. The van der Waals surface area contributed by atoms with Crippen LogP contribution in [0, 0.1) is 0 Å². The molecular formula is C32H42N6O3. The van der Waals surface area contributed by atoms with Crippen LogP contribution in [0.5, 0.6) is 5.75 Å². The number of phenols is 1. The van der Waals surface area contributed by atoms with E-state index in [2.05, 4.69) is 79.8 Å². The predicted molar refractivity (Wildman–Crippen MR) is 163 cm³/mol. The molecule has 0 spiro atoms. The number of likely N-dealkylation sites (N-methyl/N-ethyl adjacent to an activating group) is 1. The van der Waals surface area contributed by atoms with Gasteiger partial charge in [0.25, 0.3) is 0 Å².